The number of hydrogen-bond acceptors (Lipinski definition) is 5. The Morgan fingerprint density at radius 3 is 2.46 bits per heavy atom. The number of nitrogens with one attached hydrogen (secondary N) is 2. The number of nitrogens with zero attached hydrogens (tertiary/aromatic N) is 2. The molecule has 0 aliphatic rings. The van der Waals surface area contributed by atoms with Crippen molar-refractivity contribution in [3.8, 4) is 5.75 Å². The number of para-hydroxylation sites is 1. The van der Waals surface area contributed by atoms with Crippen LogP contribution < -0.4 is 15.4 Å². The van der Waals surface area contributed by atoms with E-state index < -0.39 is 0 Å². The summed E-state index contributed by atoms with van der Waals surface area (Å²) in [6, 6.07) is 13.8. The zero-order valence-corrected chi connectivity index (χ0v) is 16.3. The van der Waals surface area contributed by atoms with Crippen LogP contribution in [0.3, 0.4) is 0 Å². The van der Waals surface area contributed by atoms with E-state index in [0.717, 1.165) is 29.0 Å². The molecule has 0 spiro atoms. The van der Waals surface area contributed by atoms with E-state index in [-0.39, 0.29) is 11.6 Å². The molecule has 2 aromatic carbocycles. The van der Waals surface area contributed by atoms with Gasteiger partial charge in [-0.3, -0.25) is 4.79 Å². The van der Waals surface area contributed by atoms with Crippen molar-refractivity contribution in [1.82, 2.24) is 9.97 Å². The van der Waals surface area contributed by atoms with Crippen LogP contribution in [-0.2, 0) is 6.42 Å². The predicted molar refractivity (Wildman–Crippen MR) is 111 cm³/mol. The third kappa shape index (κ3) is 4.85. The first-order valence-electron chi connectivity index (χ1n) is 9.13. The maximum absolute atomic E-state index is 12.4. The van der Waals surface area contributed by atoms with E-state index in [1.54, 1.807) is 13.3 Å². The van der Waals surface area contributed by atoms with Crippen LogP contribution in [-0.4, -0.2) is 29.5 Å². The topological polar surface area (TPSA) is 76.1 Å². The number of benzene rings is 2. The van der Waals surface area contributed by atoms with Crippen molar-refractivity contribution in [3.05, 3.63) is 77.2 Å². The number of ether oxygens (including phenoxy) is 1. The summed E-state index contributed by atoms with van der Waals surface area (Å²) in [4.78, 5) is 21.0. The quantitative estimate of drug-likeness (QED) is 0.652. The van der Waals surface area contributed by atoms with Crippen molar-refractivity contribution in [2.24, 2.45) is 0 Å². The molecule has 0 saturated carbocycles. The molecule has 0 bridgehead atoms. The van der Waals surface area contributed by atoms with Crippen LogP contribution >= 0.6 is 0 Å². The summed E-state index contributed by atoms with van der Waals surface area (Å²) < 4.78 is 5.23. The lowest BCUT2D eigenvalue weighted by Crippen LogP contribution is -2.16. The molecule has 0 atom stereocenters. The fourth-order valence-corrected chi connectivity index (χ4v) is 2.89. The van der Waals surface area contributed by atoms with Crippen LogP contribution in [0.2, 0.25) is 0 Å². The highest BCUT2D eigenvalue weighted by molar-refractivity contribution is 6.03. The van der Waals surface area contributed by atoms with E-state index in [4.69, 9.17) is 4.74 Å². The van der Waals surface area contributed by atoms with E-state index in [2.05, 4.69) is 26.7 Å². The van der Waals surface area contributed by atoms with Crippen LogP contribution in [0.1, 0.15) is 27.2 Å². The Morgan fingerprint density at radius 1 is 1.04 bits per heavy atom. The Labute approximate surface area is 165 Å². The zero-order chi connectivity index (χ0) is 19.9. The smallest absolute Gasteiger partial charge is 0.275 e. The molecule has 6 nitrogen and oxygen atoms in total. The number of methoxy groups -OCH3 is 1. The molecule has 0 fully saturated rings. The minimum absolute atomic E-state index is 0.271. The van der Waals surface area contributed by atoms with Gasteiger partial charge in [-0.15, -0.1) is 0 Å². The maximum atomic E-state index is 12.4. The summed E-state index contributed by atoms with van der Waals surface area (Å²) in [6.45, 7) is 4.63. The molecule has 0 saturated heterocycles. The molecule has 1 aromatic heterocycles. The van der Waals surface area contributed by atoms with Gasteiger partial charge >= 0.3 is 0 Å². The summed E-state index contributed by atoms with van der Waals surface area (Å²) in [5.41, 5.74) is 4.29. The number of carbonyl (C=O) groups excluding carboxylic acids is 1. The van der Waals surface area contributed by atoms with Gasteiger partial charge in [0.05, 0.1) is 19.5 Å². The van der Waals surface area contributed by atoms with Gasteiger partial charge in [0.1, 0.15) is 17.3 Å². The number of hydrogen-bond donors (Lipinski definition) is 2. The van der Waals surface area contributed by atoms with Crippen LogP contribution in [0.15, 0.2) is 54.9 Å². The average molecular weight is 376 g/mol. The van der Waals surface area contributed by atoms with Crippen molar-refractivity contribution in [3.63, 3.8) is 0 Å². The van der Waals surface area contributed by atoms with E-state index in [1.807, 2.05) is 50.2 Å². The molecule has 6 heteroatoms. The van der Waals surface area contributed by atoms with Gasteiger partial charge in [0.15, 0.2) is 0 Å². The second kappa shape index (κ2) is 8.99. The van der Waals surface area contributed by atoms with Gasteiger partial charge < -0.3 is 15.4 Å². The molecule has 0 radical (unpaired) electrons. The fraction of sp³-hybridized carbons (Fsp3) is 0.227. The molecular weight excluding hydrogens is 352 g/mol. The first-order chi connectivity index (χ1) is 13.6. The number of aromatic nitrogens is 2. The van der Waals surface area contributed by atoms with E-state index >= 15 is 0 Å². The summed E-state index contributed by atoms with van der Waals surface area (Å²) in [7, 11) is 1.66. The zero-order valence-electron chi connectivity index (χ0n) is 16.3. The van der Waals surface area contributed by atoms with E-state index in [1.165, 1.54) is 11.8 Å². The molecule has 3 rings (SSSR count). The van der Waals surface area contributed by atoms with Crippen molar-refractivity contribution in [2.45, 2.75) is 20.3 Å². The van der Waals surface area contributed by atoms with Gasteiger partial charge in [0.2, 0.25) is 0 Å². The second-order valence-corrected chi connectivity index (χ2v) is 6.54. The summed E-state index contributed by atoms with van der Waals surface area (Å²) in [5.74, 6) is 1.20. The molecular formula is C22H24N4O2. The monoisotopic (exact) mass is 376 g/mol. The first-order valence-corrected chi connectivity index (χ1v) is 9.13. The highest BCUT2D eigenvalue weighted by atomic mass is 16.5. The summed E-state index contributed by atoms with van der Waals surface area (Å²) in [6.07, 6.45) is 3.88. The molecule has 3 aromatic rings. The predicted octanol–water partition coefficient (Wildman–Crippen LogP) is 4.01. The lowest BCUT2D eigenvalue weighted by Gasteiger charge is -2.11. The van der Waals surface area contributed by atoms with Crippen LogP contribution in [0.25, 0.3) is 0 Å². The standard InChI is InChI=1S/C22H24N4O2/c1-15-6-4-7-16(2)21(15)26-22(27)19-13-25-20(14-24-19)23-11-10-17-8-5-9-18(12-17)28-3/h4-9,12-14H,10-11H2,1-3H3,(H,23,25)(H,26,27). The highest BCUT2D eigenvalue weighted by Crippen LogP contribution is 2.20. The van der Waals surface area contributed by atoms with Crippen molar-refractivity contribution in [2.75, 3.05) is 24.3 Å². The molecule has 28 heavy (non-hydrogen) atoms. The number of aryl methyl sites for hydroxylation is 2. The molecule has 1 heterocycles. The molecule has 2 N–H and O–H groups in total. The van der Waals surface area contributed by atoms with Gasteiger partial charge in [-0.25, -0.2) is 9.97 Å². The Hall–Kier alpha value is -3.41. The fourth-order valence-electron chi connectivity index (χ4n) is 2.89. The second-order valence-electron chi connectivity index (χ2n) is 6.54. The highest BCUT2D eigenvalue weighted by Gasteiger charge is 2.11. The Kier molecular flexibility index (Phi) is 6.22. The molecule has 0 unspecified atom stereocenters. The summed E-state index contributed by atoms with van der Waals surface area (Å²) in [5, 5.41) is 6.13. The SMILES string of the molecule is COc1cccc(CCNc2cnc(C(=O)Nc3c(C)cccc3C)cn2)c1. The van der Waals surface area contributed by atoms with Crippen molar-refractivity contribution >= 4 is 17.4 Å². The number of rotatable bonds is 7. The lowest BCUT2D eigenvalue weighted by molar-refractivity contribution is 0.102. The molecule has 0 aliphatic carbocycles. The molecule has 1 amide bonds. The summed E-state index contributed by atoms with van der Waals surface area (Å²) >= 11 is 0. The minimum atomic E-state index is -0.271. The Bertz CT molecular complexity index is 935. The Morgan fingerprint density at radius 2 is 1.79 bits per heavy atom. The van der Waals surface area contributed by atoms with Gasteiger partial charge in [-0.1, -0.05) is 30.3 Å². The lowest BCUT2D eigenvalue weighted by atomic mass is 10.1. The van der Waals surface area contributed by atoms with Gasteiger partial charge in [-0.05, 0) is 49.1 Å². The van der Waals surface area contributed by atoms with Gasteiger partial charge in [0, 0.05) is 12.2 Å². The maximum Gasteiger partial charge on any atom is 0.275 e. The number of anilines is 2. The van der Waals surface area contributed by atoms with Gasteiger partial charge in [-0.2, -0.15) is 0 Å². The third-order valence-corrected chi connectivity index (χ3v) is 4.46. The minimum Gasteiger partial charge on any atom is -0.497 e. The van der Waals surface area contributed by atoms with Crippen LogP contribution in [0.5, 0.6) is 5.75 Å². The van der Waals surface area contributed by atoms with Crippen LogP contribution in [0, 0.1) is 13.8 Å². The number of carbonyl (C=O) groups is 1. The first kappa shape index (κ1) is 19.4. The normalized spacial score (nSPS) is 10.4. The third-order valence-electron chi connectivity index (χ3n) is 4.46. The largest absolute Gasteiger partial charge is 0.497 e. The van der Waals surface area contributed by atoms with Gasteiger partial charge in [0.25, 0.3) is 5.91 Å². The van der Waals surface area contributed by atoms with Crippen LogP contribution in [0.4, 0.5) is 11.5 Å². The number of amides is 1. The average Bonchev–Trinajstić information content (AvgIpc) is 2.71. The van der Waals surface area contributed by atoms with E-state index in [9.17, 15) is 4.79 Å². The van der Waals surface area contributed by atoms with Crippen molar-refractivity contribution in [1.29, 1.82) is 0 Å². The molecule has 144 valence electrons. The van der Waals surface area contributed by atoms with E-state index in [0.29, 0.717) is 12.4 Å². The van der Waals surface area contributed by atoms with Crippen molar-refractivity contribution < 1.29 is 9.53 Å². The molecule has 0 aliphatic heterocycles. The Balaban J connectivity index is 1.56.